The van der Waals surface area contributed by atoms with Crippen LogP contribution in [0.4, 0.5) is 17.3 Å². The highest BCUT2D eigenvalue weighted by molar-refractivity contribution is 5.84. The molecular weight excluding hydrogens is 416 g/mol. The minimum Gasteiger partial charge on any atom is -0.376 e. The third kappa shape index (κ3) is 3.33. The number of nitrogens with zero attached hydrogens (tertiary/aromatic N) is 6. The summed E-state index contributed by atoms with van der Waals surface area (Å²) < 4.78 is 5.85. The standard InChI is InChI=1S/C24H28N8O/c1-15-21(25)24(14-33-15)6-9-31(10-7-24)19-12-27-20-22(28-19)29-30-23(20)32-8-5-16-3-4-18(26-2)11-17(16)13-32/h3-4,11-12,15,21H,5-10,13-14,25H2,1H3,(H,28,29,30)/t15-,21+/m0/s1. The van der Waals surface area contributed by atoms with Crippen molar-refractivity contribution in [2.24, 2.45) is 11.1 Å². The van der Waals surface area contributed by atoms with Crippen LogP contribution in [0.1, 0.15) is 30.9 Å². The number of ether oxygens (including phenoxy) is 1. The number of aromatic amines is 1. The van der Waals surface area contributed by atoms with Gasteiger partial charge in [0.05, 0.1) is 25.5 Å². The molecule has 2 atom stereocenters. The Morgan fingerprint density at radius 1 is 1.21 bits per heavy atom. The van der Waals surface area contributed by atoms with E-state index in [0.29, 0.717) is 11.3 Å². The lowest BCUT2D eigenvalue weighted by Crippen LogP contribution is -2.50. The van der Waals surface area contributed by atoms with E-state index in [1.54, 1.807) is 0 Å². The number of nitrogens with two attached hydrogens (primary N) is 1. The van der Waals surface area contributed by atoms with Crippen molar-refractivity contribution >= 4 is 28.5 Å². The number of piperidine rings is 1. The van der Waals surface area contributed by atoms with E-state index in [9.17, 15) is 0 Å². The van der Waals surface area contributed by atoms with Gasteiger partial charge in [-0.3, -0.25) is 5.10 Å². The van der Waals surface area contributed by atoms with E-state index in [0.717, 1.165) is 69.2 Å². The Labute approximate surface area is 192 Å². The molecule has 9 nitrogen and oxygen atoms in total. The van der Waals surface area contributed by atoms with Gasteiger partial charge in [0.1, 0.15) is 5.82 Å². The third-order valence-electron chi connectivity index (χ3n) is 7.80. The smallest absolute Gasteiger partial charge is 0.187 e. The fraction of sp³-hybridized carbons (Fsp3) is 0.500. The highest BCUT2D eigenvalue weighted by Gasteiger charge is 2.47. The van der Waals surface area contributed by atoms with Gasteiger partial charge in [0.25, 0.3) is 0 Å². The molecular formula is C24H28N8O. The monoisotopic (exact) mass is 444 g/mol. The summed E-state index contributed by atoms with van der Waals surface area (Å²) in [5.41, 5.74) is 11.2. The first-order chi connectivity index (χ1) is 16.1. The van der Waals surface area contributed by atoms with Crippen LogP contribution in [-0.2, 0) is 17.7 Å². The lowest BCUT2D eigenvalue weighted by molar-refractivity contribution is 0.0974. The van der Waals surface area contributed by atoms with Crippen molar-refractivity contribution < 1.29 is 4.74 Å². The van der Waals surface area contributed by atoms with E-state index in [4.69, 9.17) is 27.0 Å². The first kappa shape index (κ1) is 20.4. The molecule has 3 N–H and O–H groups in total. The molecule has 0 bridgehead atoms. The first-order valence-electron chi connectivity index (χ1n) is 11.6. The van der Waals surface area contributed by atoms with Crippen LogP contribution >= 0.6 is 0 Å². The van der Waals surface area contributed by atoms with E-state index in [1.807, 2.05) is 18.3 Å². The Kier molecular flexibility index (Phi) is 4.75. The molecule has 0 radical (unpaired) electrons. The molecule has 5 heterocycles. The van der Waals surface area contributed by atoms with Crippen molar-refractivity contribution in [1.82, 2.24) is 20.2 Å². The number of aromatic nitrogens is 4. The zero-order valence-corrected chi connectivity index (χ0v) is 18.8. The average Bonchev–Trinajstić information content (AvgIpc) is 3.40. The van der Waals surface area contributed by atoms with Gasteiger partial charge in [-0.25, -0.2) is 14.8 Å². The SMILES string of the molecule is [C-]#[N+]c1ccc2c(c1)CN(c1n[nH]c3nc(N4CCC5(CC4)CO[C@@H](C)[C@H]5N)cnc13)CC2. The summed E-state index contributed by atoms with van der Waals surface area (Å²) in [5, 5.41) is 7.65. The van der Waals surface area contributed by atoms with Crippen LogP contribution in [0.3, 0.4) is 0 Å². The van der Waals surface area contributed by atoms with Crippen LogP contribution in [0, 0.1) is 12.0 Å². The van der Waals surface area contributed by atoms with Gasteiger partial charge in [-0.2, -0.15) is 5.10 Å². The number of nitrogens with one attached hydrogen (secondary N) is 1. The molecule has 170 valence electrons. The third-order valence-corrected chi connectivity index (χ3v) is 7.80. The summed E-state index contributed by atoms with van der Waals surface area (Å²) in [6.45, 7) is 13.5. The molecule has 0 unspecified atom stereocenters. The van der Waals surface area contributed by atoms with Crippen LogP contribution in [0.15, 0.2) is 24.4 Å². The van der Waals surface area contributed by atoms with Gasteiger partial charge < -0.3 is 20.3 Å². The molecule has 3 aliphatic heterocycles. The van der Waals surface area contributed by atoms with Gasteiger partial charge in [0.15, 0.2) is 22.7 Å². The van der Waals surface area contributed by atoms with Gasteiger partial charge in [-0.15, -0.1) is 0 Å². The summed E-state index contributed by atoms with van der Waals surface area (Å²) >= 11 is 0. The Morgan fingerprint density at radius 3 is 2.82 bits per heavy atom. The van der Waals surface area contributed by atoms with Crippen molar-refractivity contribution in [1.29, 1.82) is 0 Å². The summed E-state index contributed by atoms with van der Waals surface area (Å²) in [5.74, 6) is 1.70. The average molecular weight is 445 g/mol. The molecule has 9 heteroatoms. The zero-order valence-electron chi connectivity index (χ0n) is 18.8. The molecule has 1 spiro atoms. The molecule has 0 aliphatic carbocycles. The summed E-state index contributed by atoms with van der Waals surface area (Å²) in [7, 11) is 0. The van der Waals surface area contributed by atoms with Crippen molar-refractivity contribution in [2.75, 3.05) is 36.0 Å². The fourth-order valence-corrected chi connectivity index (χ4v) is 5.60. The molecule has 2 saturated heterocycles. The van der Waals surface area contributed by atoms with Crippen LogP contribution < -0.4 is 15.5 Å². The normalized spacial score (nSPS) is 24.3. The maximum absolute atomic E-state index is 7.29. The van der Waals surface area contributed by atoms with Gasteiger partial charge in [-0.05, 0) is 37.3 Å². The number of hydrogen-bond acceptors (Lipinski definition) is 7. The Hall–Kier alpha value is -3.22. The molecule has 2 fully saturated rings. The molecule has 0 saturated carbocycles. The Bertz CT molecular complexity index is 1240. The molecule has 3 aromatic rings. The number of anilines is 2. The van der Waals surface area contributed by atoms with Gasteiger partial charge in [0.2, 0.25) is 0 Å². The number of H-pyrrole nitrogens is 1. The number of hydrogen-bond donors (Lipinski definition) is 2. The van der Waals surface area contributed by atoms with Crippen molar-refractivity contribution in [3.05, 3.63) is 46.9 Å². The van der Waals surface area contributed by atoms with Gasteiger partial charge in [-0.1, -0.05) is 18.2 Å². The molecule has 33 heavy (non-hydrogen) atoms. The number of rotatable bonds is 2. The predicted molar refractivity (Wildman–Crippen MR) is 126 cm³/mol. The summed E-state index contributed by atoms with van der Waals surface area (Å²) in [6.07, 6.45) is 4.93. The van der Waals surface area contributed by atoms with E-state index < -0.39 is 0 Å². The van der Waals surface area contributed by atoms with Crippen LogP contribution in [0.25, 0.3) is 16.0 Å². The molecule has 0 amide bonds. The number of fused-ring (bicyclic) bond motifs is 2. The largest absolute Gasteiger partial charge is 0.376 e. The van der Waals surface area contributed by atoms with E-state index in [2.05, 4.69) is 37.8 Å². The maximum Gasteiger partial charge on any atom is 0.187 e. The minimum absolute atomic E-state index is 0.0895. The second-order valence-electron chi connectivity index (χ2n) is 9.60. The summed E-state index contributed by atoms with van der Waals surface area (Å²) in [6, 6.07) is 6.06. The van der Waals surface area contributed by atoms with E-state index >= 15 is 0 Å². The lowest BCUT2D eigenvalue weighted by atomic mass is 9.73. The van der Waals surface area contributed by atoms with Gasteiger partial charge in [0, 0.05) is 37.6 Å². The molecule has 2 aromatic heterocycles. The zero-order chi connectivity index (χ0) is 22.6. The second-order valence-corrected chi connectivity index (χ2v) is 9.60. The Balaban J connectivity index is 1.20. The molecule has 6 rings (SSSR count). The van der Waals surface area contributed by atoms with E-state index in [1.165, 1.54) is 11.1 Å². The predicted octanol–water partition coefficient (Wildman–Crippen LogP) is 2.80. The fourth-order valence-electron chi connectivity index (χ4n) is 5.60. The highest BCUT2D eigenvalue weighted by Crippen LogP contribution is 2.42. The number of benzene rings is 1. The lowest BCUT2D eigenvalue weighted by Gasteiger charge is -2.41. The summed E-state index contributed by atoms with van der Waals surface area (Å²) in [4.78, 5) is 17.7. The highest BCUT2D eigenvalue weighted by atomic mass is 16.5. The molecule has 3 aliphatic rings. The van der Waals surface area contributed by atoms with Crippen molar-refractivity contribution in [2.45, 2.75) is 44.9 Å². The van der Waals surface area contributed by atoms with Crippen LogP contribution in [-0.4, -0.2) is 58.6 Å². The van der Waals surface area contributed by atoms with Crippen molar-refractivity contribution in [3.63, 3.8) is 0 Å². The maximum atomic E-state index is 7.29. The van der Waals surface area contributed by atoms with E-state index in [-0.39, 0.29) is 17.6 Å². The van der Waals surface area contributed by atoms with Gasteiger partial charge >= 0.3 is 0 Å². The first-order valence-corrected chi connectivity index (χ1v) is 11.6. The van der Waals surface area contributed by atoms with Crippen molar-refractivity contribution in [3.8, 4) is 0 Å². The van der Waals surface area contributed by atoms with Crippen LogP contribution in [0.5, 0.6) is 0 Å². The molecule has 1 aromatic carbocycles. The second kappa shape index (κ2) is 7.68. The minimum atomic E-state index is 0.0895. The van der Waals surface area contributed by atoms with Crippen LogP contribution in [0.2, 0.25) is 0 Å². The Morgan fingerprint density at radius 2 is 2.06 bits per heavy atom. The topological polar surface area (TPSA) is 101 Å². The quantitative estimate of drug-likeness (QED) is 0.586.